The van der Waals surface area contributed by atoms with Crippen molar-refractivity contribution in [1.82, 2.24) is 10.3 Å². The molecule has 4 nitrogen and oxygen atoms in total. The lowest BCUT2D eigenvalue weighted by Crippen LogP contribution is -2.16. The minimum Gasteiger partial charge on any atom is -0.495 e. The summed E-state index contributed by atoms with van der Waals surface area (Å²) in [6.45, 7) is 1.61. The van der Waals surface area contributed by atoms with Crippen LogP contribution in [0.25, 0.3) is 10.9 Å². The molecular weight excluding hydrogens is 384 g/mol. The largest absolute Gasteiger partial charge is 0.495 e. The summed E-state index contributed by atoms with van der Waals surface area (Å²) in [4.78, 5) is 3.29. The van der Waals surface area contributed by atoms with Gasteiger partial charge in [0.05, 0.1) is 12.1 Å². The second kappa shape index (κ2) is 9.03. The molecule has 0 amide bonds. The maximum atomic E-state index is 6.50. The topological polar surface area (TPSA) is 46.3 Å². The van der Waals surface area contributed by atoms with Gasteiger partial charge in [-0.1, -0.05) is 41.9 Å². The first-order valence-electron chi connectivity index (χ1n) is 9.59. The molecule has 0 saturated carbocycles. The van der Waals surface area contributed by atoms with Crippen LogP contribution in [-0.2, 0) is 13.0 Å². The van der Waals surface area contributed by atoms with Crippen molar-refractivity contribution < 1.29 is 9.47 Å². The van der Waals surface area contributed by atoms with Crippen LogP contribution in [0.3, 0.4) is 0 Å². The van der Waals surface area contributed by atoms with E-state index in [0.29, 0.717) is 10.8 Å². The molecule has 0 aliphatic heterocycles. The molecule has 5 heteroatoms. The van der Waals surface area contributed by atoms with Gasteiger partial charge in [0.2, 0.25) is 0 Å². The highest BCUT2D eigenvalue weighted by molar-refractivity contribution is 6.37. The third-order valence-electron chi connectivity index (χ3n) is 4.83. The minimum atomic E-state index is 0.659. The zero-order valence-corrected chi connectivity index (χ0v) is 17.0. The van der Waals surface area contributed by atoms with Crippen molar-refractivity contribution in [3.63, 3.8) is 0 Å². The Morgan fingerprint density at radius 2 is 1.79 bits per heavy atom. The van der Waals surface area contributed by atoms with E-state index in [9.17, 15) is 0 Å². The van der Waals surface area contributed by atoms with Crippen LogP contribution in [0, 0.1) is 0 Å². The number of H-pyrrole nitrogens is 1. The van der Waals surface area contributed by atoms with E-state index in [-0.39, 0.29) is 0 Å². The third kappa shape index (κ3) is 4.56. The molecule has 2 N–H and O–H groups in total. The van der Waals surface area contributed by atoms with Gasteiger partial charge in [-0.3, -0.25) is 0 Å². The summed E-state index contributed by atoms with van der Waals surface area (Å²) < 4.78 is 11.3. The van der Waals surface area contributed by atoms with Gasteiger partial charge in [-0.15, -0.1) is 0 Å². The Morgan fingerprint density at radius 1 is 0.966 bits per heavy atom. The lowest BCUT2D eigenvalue weighted by molar-refractivity contribution is 0.415. The van der Waals surface area contributed by atoms with Gasteiger partial charge < -0.3 is 19.8 Å². The van der Waals surface area contributed by atoms with Crippen molar-refractivity contribution in [3.05, 3.63) is 89.1 Å². The van der Waals surface area contributed by atoms with Crippen molar-refractivity contribution in [1.29, 1.82) is 0 Å². The number of aromatic nitrogens is 1. The molecule has 4 aromatic rings. The first kappa shape index (κ1) is 19.4. The quantitative estimate of drug-likeness (QED) is 0.355. The number of hydrogen-bond acceptors (Lipinski definition) is 3. The first-order chi connectivity index (χ1) is 14.2. The molecule has 0 spiro atoms. The highest BCUT2D eigenvalue weighted by Crippen LogP contribution is 2.34. The van der Waals surface area contributed by atoms with Crippen molar-refractivity contribution in [3.8, 4) is 17.2 Å². The summed E-state index contributed by atoms with van der Waals surface area (Å²) in [6, 6.07) is 21.8. The average molecular weight is 407 g/mol. The monoisotopic (exact) mass is 406 g/mol. The Kier molecular flexibility index (Phi) is 6.03. The number of nitrogens with one attached hydrogen (secondary N) is 2. The fourth-order valence-corrected chi connectivity index (χ4v) is 3.75. The van der Waals surface area contributed by atoms with Crippen LogP contribution in [-0.4, -0.2) is 18.6 Å². The minimum absolute atomic E-state index is 0.659. The number of fused-ring (bicyclic) bond motifs is 1. The second-order valence-corrected chi connectivity index (χ2v) is 7.19. The molecule has 0 radical (unpaired) electrons. The zero-order chi connectivity index (χ0) is 20.1. The SMILES string of the molecule is COc1ccc2[nH]cc(CCNCc3cccc(Oc4ccccc4)c3)c2c1Cl. The fraction of sp³-hybridized carbons (Fsp3) is 0.167. The number of aromatic amines is 1. The summed E-state index contributed by atoms with van der Waals surface area (Å²) in [7, 11) is 1.64. The molecule has 0 bridgehead atoms. The lowest BCUT2D eigenvalue weighted by atomic mass is 10.1. The zero-order valence-electron chi connectivity index (χ0n) is 16.2. The first-order valence-corrected chi connectivity index (χ1v) is 9.97. The maximum absolute atomic E-state index is 6.50. The van der Waals surface area contributed by atoms with Crippen LogP contribution in [0.2, 0.25) is 5.02 Å². The van der Waals surface area contributed by atoms with Crippen LogP contribution in [0.1, 0.15) is 11.1 Å². The highest BCUT2D eigenvalue weighted by Gasteiger charge is 2.11. The van der Waals surface area contributed by atoms with E-state index in [1.165, 1.54) is 11.1 Å². The molecule has 29 heavy (non-hydrogen) atoms. The van der Waals surface area contributed by atoms with Gasteiger partial charge in [0.25, 0.3) is 0 Å². The van der Waals surface area contributed by atoms with E-state index < -0.39 is 0 Å². The molecular formula is C24H23ClN2O2. The van der Waals surface area contributed by atoms with Crippen LogP contribution in [0.4, 0.5) is 0 Å². The summed E-state index contributed by atoms with van der Waals surface area (Å²) >= 11 is 6.50. The maximum Gasteiger partial charge on any atom is 0.138 e. The van der Waals surface area contributed by atoms with Crippen LogP contribution in [0.5, 0.6) is 17.2 Å². The summed E-state index contributed by atoms with van der Waals surface area (Å²) in [5, 5.41) is 5.19. The number of para-hydroxylation sites is 1. The Bertz CT molecular complexity index is 1090. The van der Waals surface area contributed by atoms with Gasteiger partial charge in [0, 0.05) is 23.6 Å². The number of ether oxygens (including phenoxy) is 2. The van der Waals surface area contributed by atoms with Crippen LogP contribution >= 0.6 is 11.6 Å². The lowest BCUT2D eigenvalue weighted by Gasteiger charge is -2.09. The molecule has 4 rings (SSSR count). The summed E-state index contributed by atoms with van der Waals surface area (Å²) in [6.07, 6.45) is 2.89. The molecule has 0 atom stereocenters. The molecule has 1 heterocycles. The molecule has 1 aromatic heterocycles. The third-order valence-corrected chi connectivity index (χ3v) is 5.20. The Morgan fingerprint density at radius 3 is 2.62 bits per heavy atom. The Hall–Kier alpha value is -2.95. The fourth-order valence-electron chi connectivity index (χ4n) is 3.38. The van der Waals surface area contributed by atoms with Crippen molar-refractivity contribution in [2.24, 2.45) is 0 Å². The highest BCUT2D eigenvalue weighted by atomic mass is 35.5. The molecule has 0 aliphatic carbocycles. The van der Waals surface area contributed by atoms with E-state index in [1.54, 1.807) is 7.11 Å². The molecule has 148 valence electrons. The van der Waals surface area contributed by atoms with E-state index >= 15 is 0 Å². The standard InChI is InChI=1S/C24H23ClN2O2/c1-28-22-11-10-21-23(24(22)25)18(16-27-21)12-13-26-15-17-6-5-9-20(14-17)29-19-7-3-2-4-8-19/h2-11,14,16,26-27H,12-13,15H2,1H3. The number of benzene rings is 3. The van der Waals surface area contributed by atoms with Crippen molar-refractivity contribution in [2.45, 2.75) is 13.0 Å². The average Bonchev–Trinajstić information content (AvgIpc) is 3.16. The van der Waals surface area contributed by atoms with Crippen LogP contribution < -0.4 is 14.8 Å². The molecule has 0 unspecified atom stereocenters. The predicted octanol–water partition coefficient (Wildman–Crippen LogP) is 5.95. The normalized spacial score (nSPS) is 11.0. The Balaban J connectivity index is 1.35. The van der Waals surface area contributed by atoms with Gasteiger partial charge in [-0.05, 0) is 60.5 Å². The number of halogens is 1. The van der Waals surface area contributed by atoms with Gasteiger partial charge in [-0.25, -0.2) is 0 Å². The molecule has 3 aromatic carbocycles. The predicted molar refractivity (Wildman–Crippen MR) is 118 cm³/mol. The number of methoxy groups -OCH3 is 1. The van der Waals surface area contributed by atoms with Crippen molar-refractivity contribution in [2.75, 3.05) is 13.7 Å². The van der Waals surface area contributed by atoms with E-state index in [4.69, 9.17) is 21.1 Å². The summed E-state index contributed by atoms with van der Waals surface area (Å²) in [5.74, 6) is 2.37. The van der Waals surface area contributed by atoms with E-state index in [0.717, 1.165) is 41.9 Å². The number of rotatable bonds is 8. The van der Waals surface area contributed by atoms with Crippen LogP contribution in [0.15, 0.2) is 72.9 Å². The van der Waals surface area contributed by atoms with Crippen molar-refractivity contribution >= 4 is 22.5 Å². The van der Waals surface area contributed by atoms with E-state index in [2.05, 4.69) is 22.4 Å². The van der Waals surface area contributed by atoms with E-state index in [1.807, 2.05) is 60.8 Å². The molecule has 0 saturated heterocycles. The van der Waals surface area contributed by atoms with Gasteiger partial charge >= 0.3 is 0 Å². The summed E-state index contributed by atoms with van der Waals surface area (Å²) in [5.41, 5.74) is 3.38. The molecule has 0 aliphatic rings. The molecule has 0 fully saturated rings. The second-order valence-electron chi connectivity index (χ2n) is 6.81. The van der Waals surface area contributed by atoms with Gasteiger partial charge in [-0.2, -0.15) is 0 Å². The Labute approximate surface area is 175 Å². The van der Waals surface area contributed by atoms with Gasteiger partial charge in [0.1, 0.15) is 17.2 Å². The number of hydrogen-bond donors (Lipinski definition) is 2. The van der Waals surface area contributed by atoms with Gasteiger partial charge in [0.15, 0.2) is 0 Å². The smallest absolute Gasteiger partial charge is 0.138 e.